The van der Waals surface area contributed by atoms with Gasteiger partial charge in [-0.3, -0.25) is 4.79 Å². The van der Waals surface area contributed by atoms with Crippen LogP contribution in [0.2, 0.25) is 0 Å². The molecule has 0 N–H and O–H groups in total. The predicted octanol–water partition coefficient (Wildman–Crippen LogP) is 4.48. The summed E-state index contributed by atoms with van der Waals surface area (Å²) in [6, 6.07) is 26.2. The number of carbonyl (C=O) groups excluding carboxylic acids is 1. The molecule has 3 heteroatoms. The lowest BCUT2D eigenvalue weighted by atomic mass is 10.1. The quantitative estimate of drug-likeness (QED) is 0.510. The highest BCUT2D eigenvalue weighted by Crippen LogP contribution is 2.45. The van der Waals surface area contributed by atoms with Gasteiger partial charge in [-0.2, -0.15) is 0 Å². The van der Waals surface area contributed by atoms with Gasteiger partial charge in [0.05, 0.1) is 0 Å². The summed E-state index contributed by atoms with van der Waals surface area (Å²) in [5, 5.41) is 1.58. The fourth-order valence-electron chi connectivity index (χ4n) is 2.55. The molecule has 3 aromatic rings. The summed E-state index contributed by atoms with van der Waals surface area (Å²) in [5.74, 6) is 1.77. The minimum Gasteiger partial charge on any atom is -0.309 e. The summed E-state index contributed by atoms with van der Waals surface area (Å²) < 4.78 is 13.8. The Labute approximate surface area is 141 Å². The first-order chi connectivity index (χ1) is 11.7. The maximum atomic E-state index is 13.8. The average molecular weight is 332 g/mol. The lowest BCUT2D eigenvalue weighted by Gasteiger charge is -2.15. The molecule has 0 atom stereocenters. The van der Waals surface area contributed by atoms with E-state index >= 15 is 0 Å². The second-order valence-corrected chi connectivity index (χ2v) is 8.08. The van der Waals surface area contributed by atoms with Crippen molar-refractivity contribution in [2.75, 3.05) is 0 Å². The number of hydrogen-bond donors (Lipinski definition) is 0. The maximum Gasteiger partial charge on any atom is 0.164 e. The molecule has 0 spiro atoms. The van der Waals surface area contributed by atoms with Crippen molar-refractivity contribution in [1.82, 2.24) is 0 Å². The normalized spacial score (nSPS) is 11.5. The van der Waals surface area contributed by atoms with E-state index in [0.717, 1.165) is 22.5 Å². The van der Waals surface area contributed by atoms with E-state index in [1.54, 1.807) is 17.9 Å². The Hall–Kier alpha value is -2.70. The van der Waals surface area contributed by atoms with Crippen LogP contribution in [0, 0.1) is 0 Å². The van der Waals surface area contributed by atoms with Gasteiger partial charge in [-0.05, 0) is 17.4 Å². The van der Waals surface area contributed by atoms with E-state index in [4.69, 9.17) is 0 Å². The Balaban J connectivity index is 2.07. The van der Waals surface area contributed by atoms with Gasteiger partial charge in [-0.25, -0.2) is 0 Å². The molecule has 0 radical (unpaired) electrons. The van der Waals surface area contributed by atoms with E-state index in [2.05, 4.69) is 0 Å². The molecule has 0 aliphatic carbocycles. The molecule has 24 heavy (non-hydrogen) atoms. The zero-order valence-corrected chi connectivity index (χ0v) is 14.0. The third-order valence-electron chi connectivity index (χ3n) is 3.80. The topological polar surface area (TPSA) is 34.1 Å². The number of carbonyl (C=O) groups is 1. The Morgan fingerprint density at radius 1 is 0.667 bits per heavy atom. The lowest BCUT2D eigenvalue weighted by Crippen LogP contribution is -2.13. The molecule has 0 heterocycles. The molecule has 0 bridgehead atoms. The summed E-state index contributed by atoms with van der Waals surface area (Å²) in [6.45, 7) is 0. The average Bonchev–Trinajstić information content (AvgIpc) is 2.67. The first-order valence-electron chi connectivity index (χ1n) is 7.68. The Kier molecular flexibility index (Phi) is 4.88. The molecule has 0 fully saturated rings. The van der Waals surface area contributed by atoms with Crippen LogP contribution in [0.15, 0.2) is 90.7 Å². The molecule has 0 aromatic heterocycles. The van der Waals surface area contributed by atoms with Gasteiger partial charge in [0.15, 0.2) is 7.14 Å². The van der Waals surface area contributed by atoms with Crippen molar-refractivity contribution in [1.29, 1.82) is 0 Å². The highest BCUT2D eigenvalue weighted by atomic mass is 31.2. The van der Waals surface area contributed by atoms with Gasteiger partial charge in [0, 0.05) is 16.2 Å². The highest BCUT2D eigenvalue weighted by Gasteiger charge is 2.23. The van der Waals surface area contributed by atoms with Gasteiger partial charge in [0.2, 0.25) is 0 Å². The number of rotatable bonds is 5. The lowest BCUT2D eigenvalue weighted by molar-refractivity contribution is 0.112. The van der Waals surface area contributed by atoms with Crippen LogP contribution in [-0.2, 0) is 4.57 Å². The molecule has 0 aliphatic heterocycles. The molecule has 3 aromatic carbocycles. The first kappa shape index (κ1) is 16.2. The Morgan fingerprint density at radius 3 is 1.75 bits per heavy atom. The summed E-state index contributed by atoms with van der Waals surface area (Å²) in [6.07, 6.45) is 2.64. The van der Waals surface area contributed by atoms with Crippen molar-refractivity contribution < 1.29 is 9.36 Å². The molecule has 0 unspecified atom stereocenters. The molecule has 0 aliphatic rings. The van der Waals surface area contributed by atoms with Crippen molar-refractivity contribution >= 4 is 30.1 Å². The number of benzene rings is 3. The van der Waals surface area contributed by atoms with E-state index < -0.39 is 7.14 Å². The molecule has 3 rings (SSSR count). The molecule has 2 nitrogen and oxygen atoms in total. The van der Waals surface area contributed by atoms with Crippen molar-refractivity contribution in [3.05, 3.63) is 102 Å². The van der Waals surface area contributed by atoms with Crippen LogP contribution in [0.5, 0.6) is 0 Å². The Morgan fingerprint density at radius 2 is 1.21 bits per heavy atom. The van der Waals surface area contributed by atoms with Gasteiger partial charge in [0.1, 0.15) is 6.29 Å². The fourth-order valence-corrected chi connectivity index (χ4v) is 4.80. The van der Waals surface area contributed by atoms with Gasteiger partial charge >= 0.3 is 0 Å². The minimum absolute atomic E-state index is 0.603. The van der Waals surface area contributed by atoms with Gasteiger partial charge < -0.3 is 4.57 Å². The van der Waals surface area contributed by atoms with Crippen molar-refractivity contribution in [3.63, 3.8) is 0 Å². The fraction of sp³-hybridized carbons (Fsp3) is 0. The summed E-state index contributed by atoms with van der Waals surface area (Å²) in [7, 11) is -2.88. The van der Waals surface area contributed by atoms with Crippen LogP contribution in [0.4, 0.5) is 0 Å². The largest absolute Gasteiger partial charge is 0.309 e. The molecule has 0 amide bonds. The van der Waals surface area contributed by atoms with E-state index in [1.807, 2.05) is 78.9 Å². The molecule has 118 valence electrons. The van der Waals surface area contributed by atoms with Crippen molar-refractivity contribution in [3.8, 4) is 0 Å². The van der Waals surface area contributed by atoms with E-state index in [-0.39, 0.29) is 0 Å². The number of hydrogen-bond acceptors (Lipinski definition) is 2. The van der Waals surface area contributed by atoms with Crippen LogP contribution in [-0.4, -0.2) is 6.29 Å². The standard InChI is InChI=1S/C21H17O2P/c22-17-19-9-7-8-18(16-19)14-15-24(23,20-10-3-1-4-11-20)21-12-5-2-6-13-21/h1-17H/b15-14+. The monoisotopic (exact) mass is 332 g/mol. The molecule has 0 saturated carbocycles. The zero-order chi connectivity index (χ0) is 16.8. The van der Waals surface area contributed by atoms with Gasteiger partial charge in [0.25, 0.3) is 0 Å². The predicted molar refractivity (Wildman–Crippen MR) is 101 cm³/mol. The summed E-state index contributed by atoms with van der Waals surface area (Å²) >= 11 is 0. The Bertz CT molecular complexity index is 856. The second-order valence-electron chi connectivity index (χ2n) is 5.43. The van der Waals surface area contributed by atoms with Gasteiger partial charge in [-0.15, -0.1) is 0 Å². The van der Waals surface area contributed by atoms with Crippen molar-refractivity contribution in [2.24, 2.45) is 0 Å². The van der Waals surface area contributed by atoms with Crippen LogP contribution in [0.1, 0.15) is 15.9 Å². The van der Waals surface area contributed by atoms with Gasteiger partial charge in [-0.1, -0.05) is 84.9 Å². The van der Waals surface area contributed by atoms with Crippen LogP contribution in [0.3, 0.4) is 0 Å². The van der Waals surface area contributed by atoms with Crippen molar-refractivity contribution in [2.45, 2.75) is 0 Å². The van der Waals surface area contributed by atoms with E-state index in [9.17, 15) is 9.36 Å². The first-order valence-corrected chi connectivity index (χ1v) is 9.45. The third kappa shape index (κ3) is 3.45. The SMILES string of the molecule is O=Cc1cccc(/C=C/P(=O)(c2ccccc2)c2ccccc2)c1. The smallest absolute Gasteiger partial charge is 0.164 e. The highest BCUT2D eigenvalue weighted by molar-refractivity contribution is 7.81. The van der Waals surface area contributed by atoms with E-state index in [0.29, 0.717) is 5.56 Å². The molecular weight excluding hydrogens is 315 g/mol. The van der Waals surface area contributed by atoms with E-state index in [1.165, 1.54) is 0 Å². The summed E-state index contributed by atoms with van der Waals surface area (Å²) in [5.41, 5.74) is 1.46. The van der Waals surface area contributed by atoms with Crippen LogP contribution in [0.25, 0.3) is 6.08 Å². The molecular formula is C21H17O2P. The zero-order valence-electron chi connectivity index (χ0n) is 13.1. The number of aldehydes is 1. The second kappa shape index (κ2) is 7.25. The van der Waals surface area contributed by atoms with Crippen LogP contribution >= 0.6 is 7.14 Å². The van der Waals surface area contributed by atoms with Crippen LogP contribution < -0.4 is 10.6 Å². The summed E-state index contributed by atoms with van der Waals surface area (Å²) in [4.78, 5) is 10.9. The molecule has 0 saturated heterocycles. The minimum atomic E-state index is -2.88. The maximum absolute atomic E-state index is 13.8. The third-order valence-corrected chi connectivity index (χ3v) is 6.50.